The number of carbonyl (C=O) groups is 1. The largest absolute Gasteiger partial charge is 0.396 e. The minimum Gasteiger partial charge on any atom is -0.396 e. The van der Waals surface area contributed by atoms with Gasteiger partial charge in [-0.2, -0.15) is 5.10 Å². The summed E-state index contributed by atoms with van der Waals surface area (Å²) in [5, 5.41) is 4.21. The molecule has 0 saturated carbocycles. The van der Waals surface area contributed by atoms with Crippen LogP contribution in [-0.2, 0) is 4.79 Å². The minimum atomic E-state index is 0.435. The molecule has 5 nitrogen and oxygen atoms in total. The Balaban J connectivity index is 1.90. The maximum absolute atomic E-state index is 10.4. The molecule has 0 unspecified atom stereocenters. The number of piperidine rings is 1. The van der Waals surface area contributed by atoms with Gasteiger partial charge >= 0.3 is 0 Å². The smallest absolute Gasteiger partial charge is 0.133 e. The number of hydrogen-bond acceptors (Lipinski definition) is 4. The lowest BCUT2D eigenvalue weighted by Gasteiger charge is -2.30. The van der Waals surface area contributed by atoms with Crippen molar-refractivity contribution in [2.75, 3.05) is 25.4 Å². The molecule has 0 atom stereocenters. The molecule has 1 aliphatic heterocycles. The third-order valence-electron chi connectivity index (χ3n) is 2.89. The Bertz CT molecular complexity index is 328. The SMILES string of the molecule is Nc1cnn(C2CCN(CC=O)CC2)c1. The zero-order valence-corrected chi connectivity index (χ0v) is 8.67. The van der Waals surface area contributed by atoms with Crippen LogP contribution < -0.4 is 5.73 Å². The van der Waals surface area contributed by atoms with E-state index in [4.69, 9.17) is 5.73 Å². The van der Waals surface area contributed by atoms with Gasteiger partial charge in [0.25, 0.3) is 0 Å². The molecule has 1 aromatic heterocycles. The number of aldehydes is 1. The molecule has 0 amide bonds. The van der Waals surface area contributed by atoms with Crippen LogP contribution in [0.2, 0.25) is 0 Å². The highest BCUT2D eigenvalue weighted by Gasteiger charge is 2.20. The monoisotopic (exact) mass is 208 g/mol. The fourth-order valence-electron chi connectivity index (χ4n) is 2.02. The summed E-state index contributed by atoms with van der Waals surface area (Å²) in [5.74, 6) is 0. The summed E-state index contributed by atoms with van der Waals surface area (Å²) in [6.07, 6.45) is 6.59. The van der Waals surface area contributed by atoms with Gasteiger partial charge in [0.05, 0.1) is 24.5 Å². The van der Waals surface area contributed by atoms with Gasteiger partial charge in [0.15, 0.2) is 0 Å². The Morgan fingerprint density at radius 3 is 2.80 bits per heavy atom. The van der Waals surface area contributed by atoms with E-state index in [2.05, 4.69) is 10.00 Å². The molecule has 2 heterocycles. The molecular weight excluding hydrogens is 192 g/mol. The van der Waals surface area contributed by atoms with Gasteiger partial charge in [-0.25, -0.2) is 0 Å². The quantitative estimate of drug-likeness (QED) is 0.726. The summed E-state index contributed by atoms with van der Waals surface area (Å²) in [6.45, 7) is 2.47. The second-order valence-corrected chi connectivity index (χ2v) is 3.95. The van der Waals surface area contributed by atoms with Crippen molar-refractivity contribution in [1.82, 2.24) is 14.7 Å². The van der Waals surface area contributed by atoms with Crippen LogP contribution in [0.15, 0.2) is 12.4 Å². The van der Waals surface area contributed by atoms with Gasteiger partial charge in [-0.05, 0) is 12.8 Å². The first kappa shape index (κ1) is 10.2. The molecular formula is C10H16N4O. The summed E-state index contributed by atoms with van der Waals surface area (Å²) >= 11 is 0. The van der Waals surface area contributed by atoms with E-state index in [0.29, 0.717) is 18.3 Å². The van der Waals surface area contributed by atoms with Crippen LogP contribution in [0.5, 0.6) is 0 Å². The van der Waals surface area contributed by atoms with Crippen LogP contribution in [0.3, 0.4) is 0 Å². The molecule has 82 valence electrons. The molecule has 0 radical (unpaired) electrons. The average molecular weight is 208 g/mol. The number of hydrogen-bond donors (Lipinski definition) is 1. The number of aromatic nitrogens is 2. The minimum absolute atomic E-state index is 0.435. The zero-order valence-electron chi connectivity index (χ0n) is 8.67. The first-order valence-corrected chi connectivity index (χ1v) is 5.25. The lowest BCUT2D eigenvalue weighted by atomic mass is 10.1. The topological polar surface area (TPSA) is 64.2 Å². The van der Waals surface area contributed by atoms with Crippen molar-refractivity contribution in [2.45, 2.75) is 18.9 Å². The number of likely N-dealkylation sites (tertiary alicyclic amines) is 1. The summed E-state index contributed by atoms with van der Waals surface area (Å²) in [7, 11) is 0. The van der Waals surface area contributed by atoms with E-state index in [-0.39, 0.29) is 0 Å². The first-order valence-electron chi connectivity index (χ1n) is 5.25. The lowest BCUT2D eigenvalue weighted by molar-refractivity contribution is -0.109. The molecule has 15 heavy (non-hydrogen) atoms. The highest BCUT2D eigenvalue weighted by Crippen LogP contribution is 2.21. The maximum atomic E-state index is 10.4. The fraction of sp³-hybridized carbons (Fsp3) is 0.600. The number of rotatable bonds is 3. The predicted molar refractivity (Wildman–Crippen MR) is 57.4 cm³/mol. The van der Waals surface area contributed by atoms with Gasteiger partial charge < -0.3 is 10.5 Å². The second kappa shape index (κ2) is 4.44. The van der Waals surface area contributed by atoms with Gasteiger partial charge in [-0.3, -0.25) is 9.58 Å². The van der Waals surface area contributed by atoms with E-state index < -0.39 is 0 Å². The molecule has 5 heteroatoms. The Hall–Kier alpha value is -1.36. The fourth-order valence-corrected chi connectivity index (χ4v) is 2.02. The number of anilines is 1. The molecule has 0 aliphatic carbocycles. The van der Waals surface area contributed by atoms with E-state index >= 15 is 0 Å². The average Bonchev–Trinajstić information content (AvgIpc) is 2.67. The Morgan fingerprint density at radius 2 is 2.27 bits per heavy atom. The van der Waals surface area contributed by atoms with Crippen LogP contribution in [0.1, 0.15) is 18.9 Å². The number of nitrogen functional groups attached to an aromatic ring is 1. The van der Waals surface area contributed by atoms with Crippen LogP contribution in [0, 0.1) is 0 Å². The highest BCUT2D eigenvalue weighted by atomic mass is 16.1. The molecule has 2 N–H and O–H groups in total. The lowest BCUT2D eigenvalue weighted by Crippen LogP contribution is -2.35. The summed E-state index contributed by atoms with van der Waals surface area (Å²) in [4.78, 5) is 12.5. The molecule has 1 saturated heterocycles. The second-order valence-electron chi connectivity index (χ2n) is 3.95. The van der Waals surface area contributed by atoms with Gasteiger partial charge in [0.2, 0.25) is 0 Å². The number of nitrogens with two attached hydrogens (primary N) is 1. The predicted octanol–water partition coefficient (Wildman–Crippen LogP) is 0.301. The van der Waals surface area contributed by atoms with Crippen LogP contribution in [-0.4, -0.2) is 40.6 Å². The normalized spacial score (nSPS) is 19.2. The Labute approximate surface area is 88.8 Å². The standard InChI is InChI=1S/C10H16N4O/c11-9-7-12-14(8-9)10-1-3-13(4-2-10)5-6-15/h6-8,10H,1-5,11H2. The summed E-state index contributed by atoms with van der Waals surface area (Å²) in [6, 6.07) is 0.435. The number of carbonyl (C=O) groups excluding carboxylic acids is 1. The first-order chi connectivity index (χ1) is 7.29. The Kier molecular flexibility index (Phi) is 3.01. The molecule has 1 fully saturated rings. The van der Waals surface area contributed by atoms with E-state index in [1.165, 1.54) is 0 Å². The molecule has 0 spiro atoms. The molecule has 1 aliphatic rings. The van der Waals surface area contributed by atoms with Crippen molar-refractivity contribution < 1.29 is 4.79 Å². The molecule has 0 bridgehead atoms. The summed E-state index contributed by atoms with van der Waals surface area (Å²) < 4.78 is 1.94. The maximum Gasteiger partial charge on any atom is 0.133 e. The van der Waals surface area contributed by atoms with Crippen molar-refractivity contribution in [3.63, 3.8) is 0 Å². The van der Waals surface area contributed by atoms with Gasteiger partial charge in [0, 0.05) is 19.3 Å². The van der Waals surface area contributed by atoms with Crippen molar-refractivity contribution >= 4 is 12.0 Å². The third-order valence-corrected chi connectivity index (χ3v) is 2.89. The van der Waals surface area contributed by atoms with Gasteiger partial charge in [-0.1, -0.05) is 0 Å². The van der Waals surface area contributed by atoms with Crippen LogP contribution in [0.25, 0.3) is 0 Å². The van der Waals surface area contributed by atoms with E-state index in [1.807, 2.05) is 10.9 Å². The number of nitrogens with zero attached hydrogens (tertiary/aromatic N) is 3. The van der Waals surface area contributed by atoms with E-state index in [1.54, 1.807) is 6.20 Å². The van der Waals surface area contributed by atoms with Crippen molar-refractivity contribution in [1.29, 1.82) is 0 Å². The molecule has 2 rings (SSSR count). The highest BCUT2D eigenvalue weighted by molar-refractivity contribution is 5.51. The van der Waals surface area contributed by atoms with Gasteiger partial charge in [0.1, 0.15) is 6.29 Å². The molecule has 1 aromatic rings. The third kappa shape index (κ3) is 2.36. The zero-order chi connectivity index (χ0) is 10.7. The van der Waals surface area contributed by atoms with Crippen molar-refractivity contribution in [3.8, 4) is 0 Å². The van der Waals surface area contributed by atoms with E-state index in [0.717, 1.165) is 32.2 Å². The van der Waals surface area contributed by atoms with Crippen molar-refractivity contribution in [3.05, 3.63) is 12.4 Å². The van der Waals surface area contributed by atoms with Crippen LogP contribution in [0.4, 0.5) is 5.69 Å². The van der Waals surface area contributed by atoms with Crippen LogP contribution >= 0.6 is 0 Å². The van der Waals surface area contributed by atoms with E-state index in [9.17, 15) is 4.79 Å². The van der Waals surface area contributed by atoms with Crippen molar-refractivity contribution in [2.24, 2.45) is 0 Å². The summed E-state index contributed by atoms with van der Waals surface area (Å²) in [5.41, 5.74) is 6.33. The Morgan fingerprint density at radius 1 is 1.53 bits per heavy atom. The van der Waals surface area contributed by atoms with Gasteiger partial charge in [-0.15, -0.1) is 0 Å². The molecule has 0 aromatic carbocycles.